The van der Waals surface area contributed by atoms with E-state index >= 15 is 0 Å². The van der Waals surface area contributed by atoms with Crippen LogP contribution in [0.15, 0.2) is 154 Å². The molecule has 0 fully saturated rings. The van der Waals surface area contributed by atoms with Crippen LogP contribution in [0.4, 0.5) is 0 Å². The third kappa shape index (κ3) is 33.1. The van der Waals surface area contributed by atoms with Gasteiger partial charge in [-0.1, -0.05) is 143 Å². The maximum atomic E-state index is 11.5. The summed E-state index contributed by atoms with van der Waals surface area (Å²) >= 11 is 0. The normalized spacial score (nSPS) is 14.6. The van der Waals surface area contributed by atoms with Crippen molar-refractivity contribution in [2.75, 3.05) is 13.2 Å². The molecule has 0 atom stereocenters. The Balaban J connectivity index is 4.66. The van der Waals surface area contributed by atoms with Gasteiger partial charge in [-0.2, -0.15) is 0 Å². The van der Waals surface area contributed by atoms with Crippen molar-refractivity contribution in [3.05, 3.63) is 154 Å². The molecule has 304 valence electrons. The Bertz CT molecular complexity index is 1570. The van der Waals surface area contributed by atoms with E-state index in [9.17, 15) is 19.2 Å². The topological polar surface area (TPSA) is 127 Å². The van der Waals surface area contributed by atoms with E-state index in [-0.39, 0.29) is 38.9 Å². The lowest BCUT2D eigenvalue weighted by molar-refractivity contribution is -0.147. The average molecular weight is 769 g/mol. The van der Waals surface area contributed by atoms with Crippen LogP contribution in [0.3, 0.4) is 0 Å². The molecule has 0 bridgehead atoms. The van der Waals surface area contributed by atoms with Crippen LogP contribution in [-0.4, -0.2) is 47.3 Å². The van der Waals surface area contributed by atoms with E-state index in [1.807, 2.05) is 62.5 Å². The van der Waals surface area contributed by atoms with E-state index < -0.39 is 23.9 Å². The van der Waals surface area contributed by atoms with Gasteiger partial charge in [0.1, 0.15) is 13.2 Å². The molecule has 0 rings (SSSR count). The molecule has 0 aromatic rings. The van der Waals surface area contributed by atoms with E-state index in [4.69, 9.17) is 19.7 Å². The van der Waals surface area contributed by atoms with Crippen molar-refractivity contribution in [3.63, 3.8) is 0 Å². The Labute approximate surface area is 335 Å². The second kappa shape index (κ2) is 31.8. The molecule has 0 amide bonds. The van der Waals surface area contributed by atoms with E-state index in [2.05, 4.69) is 102 Å². The highest BCUT2D eigenvalue weighted by molar-refractivity contribution is 5.77. The zero-order chi connectivity index (χ0) is 42.1. The summed E-state index contributed by atoms with van der Waals surface area (Å²) < 4.78 is 10.2. The van der Waals surface area contributed by atoms with E-state index in [1.54, 1.807) is 0 Å². The highest BCUT2D eigenvalue weighted by Gasteiger charge is 2.07. The lowest BCUT2D eigenvalue weighted by Crippen LogP contribution is -2.08. The van der Waals surface area contributed by atoms with Gasteiger partial charge in [0.2, 0.25) is 0 Å². The molecule has 0 aliphatic rings. The van der Waals surface area contributed by atoms with Crippen molar-refractivity contribution in [1.82, 2.24) is 0 Å². The van der Waals surface area contributed by atoms with Crippen molar-refractivity contribution < 1.29 is 38.9 Å². The summed E-state index contributed by atoms with van der Waals surface area (Å²) in [5.74, 6) is -3.01. The predicted molar refractivity (Wildman–Crippen MR) is 230 cm³/mol. The van der Waals surface area contributed by atoms with Gasteiger partial charge in [-0.15, -0.1) is 0 Å². The second-order valence-corrected chi connectivity index (χ2v) is 13.8. The number of hydrogen-bond acceptors (Lipinski definition) is 6. The summed E-state index contributed by atoms with van der Waals surface area (Å²) in [7, 11) is 0. The minimum absolute atomic E-state index is 0.110. The number of carboxylic acids is 2. The summed E-state index contributed by atoms with van der Waals surface area (Å²) in [6.45, 7) is 16.6. The number of hydrogen-bond donors (Lipinski definition) is 2. The quantitative estimate of drug-likeness (QED) is 0.0506. The van der Waals surface area contributed by atoms with Gasteiger partial charge in [0.05, 0.1) is 25.7 Å². The minimum Gasteiger partial charge on any atom is -0.481 e. The lowest BCUT2D eigenvalue weighted by Gasteiger charge is -2.04. The fourth-order valence-electron chi connectivity index (χ4n) is 4.40. The van der Waals surface area contributed by atoms with E-state index in [1.165, 1.54) is 11.1 Å². The summed E-state index contributed by atoms with van der Waals surface area (Å²) in [5.41, 5.74) is 8.92. The molecule has 8 nitrogen and oxygen atoms in total. The largest absolute Gasteiger partial charge is 0.481 e. The van der Waals surface area contributed by atoms with Crippen LogP contribution in [-0.2, 0) is 28.7 Å². The molecular weight excluding hydrogens is 705 g/mol. The lowest BCUT2D eigenvalue weighted by atomic mass is 10.1. The highest BCUT2D eigenvalue weighted by atomic mass is 16.5. The maximum absolute atomic E-state index is 11.5. The molecule has 0 saturated heterocycles. The monoisotopic (exact) mass is 768 g/mol. The summed E-state index contributed by atoms with van der Waals surface area (Å²) in [4.78, 5) is 44.2. The van der Waals surface area contributed by atoms with Crippen LogP contribution >= 0.6 is 0 Å². The highest BCUT2D eigenvalue weighted by Crippen LogP contribution is 2.11. The molecule has 0 aliphatic heterocycles. The molecule has 0 aromatic carbocycles. The molecule has 8 heteroatoms. The summed E-state index contributed by atoms with van der Waals surface area (Å²) in [5, 5.41) is 17.3. The standard InChI is InChI=1S/C48H64O8/c1-37(19-11-21-39(3)23-13-25-41(5)27-15-29-43(7)35-55-47(53)33-31-45(49)50)17-9-10-18-38(2)20-12-22-40(4)24-14-26-42(6)28-16-30-44(8)36-56-48(54)34-32-46(51)52/h9-14,17-26,29-30H,15-16,27-28,31-36H2,1-8H3,(H,49,50)(H,51,52). The van der Waals surface area contributed by atoms with E-state index in [0.29, 0.717) is 0 Å². The molecule has 0 aromatic heterocycles. The third-order valence-electron chi connectivity index (χ3n) is 7.82. The molecule has 0 spiro atoms. The fourth-order valence-corrected chi connectivity index (χ4v) is 4.40. The maximum Gasteiger partial charge on any atom is 0.306 e. The molecule has 0 unspecified atom stereocenters. The zero-order valence-corrected chi connectivity index (χ0v) is 34.8. The molecular formula is C48H64O8. The number of carbonyl (C=O) groups excluding carboxylic acids is 2. The number of aliphatic carboxylic acids is 2. The van der Waals surface area contributed by atoms with Crippen LogP contribution in [0.2, 0.25) is 0 Å². The van der Waals surface area contributed by atoms with Crippen molar-refractivity contribution >= 4 is 23.9 Å². The molecule has 2 N–H and O–H groups in total. The minimum atomic E-state index is -1.01. The first kappa shape index (κ1) is 50.5. The van der Waals surface area contributed by atoms with Gasteiger partial charge in [-0.25, -0.2) is 0 Å². The van der Waals surface area contributed by atoms with Crippen LogP contribution in [0.5, 0.6) is 0 Å². The van der Waals surface area contributed by atoms with Crippen molar-refractivity contribution in [2.45, 2.75) is 107 Å². The molecule has 0 heterocycles. The first-order valence-electron chi connectivity index (χ1n) is 19.0. The SMILES string of the molecule is CC(C=CC=C(C)C=CC=C(C)CCC=C(C)COC(=O)CCC(=O)O)=CC=CC=C(C)C=CC=C(C)C=CC=C(C)CCC=C(C)COC(=O)CCC(=O)O. The Morgan fingerprint density at radius 3 is 1.02 bits per heavy atom. The van der Waals surface area contributed by atoms with E-state index in [0.717, 1.165) is 59.1 Å². The van der Waals surface area contributed by atoms with Crippen LogP contribution in [0.25, 0.3) is 0 Å². The number of ether oxygens (including phenoxy) is 2. The van der Waals surface area contributed by atoms with Gasteiger partial charge >= 0.3 is 23.9 Å². The molecule has 0 saturated carbocycles. The first-order chi connectivity index (χ1) is 26.6. The Morgan fingerprint density at radius 2 is 0.696 bits per heavy atom. The number of allylic oxidation sites excluding steroid dienone is 24. The average Bonchev–Trinajstić information content (AvgIpc) is 3.13. The van der Waals surface area contributed by atoms with Gasteiger partial charge in [0, 0.05) is 0 Å². The molecule has 56 heavy (non-hydrogen) atoms. The molecule has 0 aliphatic carbocycles. The number of rotatable bonds is 26. The fraction of sp³-hybridized carbons (Fsp3) is 0.375. The third-order valence-corrected chi connectivity index (χ3v) is 7.82. The predicted octanol–water partition coefficient (Wildman–Crippen LogP) is 11.7. The zero-order valence-electron chi connectivity index (χ0n) is 34.8. The van der Waals surface area contributed by atoms with Crippen molar-refractivity contribution in [2.24, 2.45) is 0 Å². The Kier molecular flexibility index (Phi) is 28.7. The number of carbonyl (C=O) groups is 4. The Morgan fingerprint density at radius 1 is 0.393 bits per heavy atom. The first-order valence-corrected chi connectivity index (χ1v) is 19.0. The van der Waals surface area contributed by atoms with Crippen LogP contribution < -0.4 is 0 Å². The van der Waals surface area contributed by atoms with Gasteiger partial charge in [0.15, 0.2) is 0 Å². The number of esters is 2. The van der Waals surface area contributed by atoms with Crippen LogP contribution in [0.1, 0.15) is 107 Å². The smallest absolute Gasteiger partial charge is 0.306 e. The van der Waals surface area contributed by atoms with Crippen LogP contribution in [0, 0.1) is 0 Å². The summed E-state index contributed by atoms with van der Waals surface area (Å²) in [6, 6.07) is 0. The second-order valence-electron chi connectivity index (χ2n) is 13.8. The summed E-state index contributed by atoms with van der Waals surface area (Å²) in [6.07, 6.45) is 39.9. The van der Waals surface area contributed by atoms with Crippen molar-refractivity contribution in [3.8, 4) is 0 Å². The molecule has 0 radical (unpaired) electrons. The van der Waals surface area contributed by atoms with Crippen molar-refractivity contribution in [1.29, 1.82) is 0 Å². The van der Waals surface area contributed by atoms with Gasteiger partial charge in [0.25, 0.3) is 0 Å². The number of carboxylic acid groups (broad SMARTS) is 2. The van der Waals surface area contributed by atoms with Gasteiger partial charge < -0.3 is 19.7 Å². The Hall–Kier alpha value is -5.50. The van der Waals surface area contributed by atoms with Gasteiger partial charge in [-0.3, -0.25) is 19.2 Å². The van der Waals surface area contributed by atoms with Gasteiger partial charge in [-0.05, 0) is 92.2 Å².